The minimum absolute atomic E-state index is 0.292. The highest BCUT2D eigenvalue weighted by Gasteiger charge is 2.22. The Kier molecular flexibility index (Phi) is 2.59. The molecule has 0 bridgehead atoms. The average molecular weight is 188 g/mol. The Bertz CT molecular complexity index is 351. The van der Waals surface area contributed by atoms with Crippen molar-refractivity contribution >= 4 is 5.82 Å². The van der Waals surface area contributed by atoms with E-state index in [2.05, 4.69) is 15.3 Å². The predicted molar refractivity (Wildman–Crippen MR) is 52.6 cm³/mol. The summed E-state index contributed by atoms with van der Waals surface area (Å²) in [7, 11) is 0. The molecule has 72 valence electrons. The first-order chi connectivity index (χ1) is 6.88. The van der Waals surface area contributed by atoms with E-state index in [1.54, 1.807) is 6.33 Å². The zero-order chi connectivity index (χ0) is 9.80. The van der Waals surface area contributed by atoms with Crippen LogP contribution in [0.25, 0.3) is 0 Å². The van der Waals surface area contributed by atoms with Crippen molar-refractivity contribution in [2.45, 2.75) is 19.3 Å². The molecule has 0 radical (unpaired) electrons. The number of hydrogen-bond donors (Lipinski definition) is 1. The zero-order valence-electron chi connectivity index (χ0n) is 7.90. The van der Waals surface area contributed by atoms with Crippen LogP contribution >= 0.6 is 0 Å². The molecule has 0 saturated heterocycles. The summed E-state index contributed by atoms with van der Waals surface area (Å²) in [6, 6.07) is 3.94. The van der Waals surface area contributed by atoms with E-state index in [9.17, 15) is 0 Å². The lowest BCUT2D eigenvalue weighted by molar-refractivity contribution is 0.799. The maximum atomic E-state index is 8.40. The molecule has 0 spiro atoms. The Morgan fingerprint density at radius 2 is 2.36 bits per heavy atom. The van der Waals surface area contributed by atoms with Gasteiger partial charge in [-0.15, -0.1) is 0 Å². The molecule has 1 aliphatic carbocycles. The van der Waals surface area contributed by atoms with Crippen LogP contribution in [0.3, 0.4) is 0 Å². The van der Waals surface area contributed by atoms with Crippen LogP contribution in [-0.2, 0) is 6.42 Å². The molecule has 0 amide bonds. The highest BCUT2D eigenvalue weighted by molar-refractivity contribution is 5.35. The minimum Gasteiger partial charge on any atom is -0.357 e. The molecule has 0 unspecified atom stereocenters. The number of rotatable bonds is 4. The summed E-state index contributed by atoms with van der Waals surface area (Å²) in [6.07, 6.45) is 5.25. The van der Waals surface area contributed by atoms with Crippen molar-refractivity contribution in [1.82, 2.24) is 9.97 Å². The van der Waals surface area contributed by atoms with E-state index >= 15 is 0 Å². The summed E-state index contributed by atoms with van der Waals surface area (Å²) in [5.41, 5.74) is 1.07. The van der Waals surface area contributed by atoms with Crippen LogP contribution in [-0.4, -0.2) is 16.5 Å². The normalized spacial score (nSPS) is 14.8. The Hall–Kier alpha value is -1.63. The Morgan fingerprint density at radius 3 is 3.07 bits per heavy atom. The largest absolute Gasteiger partial charge is 0.357 e. The quantitative estimate of drug-likeness (QED) is 0.725. The fourth-order valence-electron chi connectivity index (χ4n) is 1.35. The van der Waals surface area contributed by atoms with Gasteiger partial charge in [0, 0.05) is 11.8 Å². The highest BCUT2D eigenvalue weighted by atomic mass is 15.0. The Labute approximate surface area is 83.0 Å². The van der Waals surface area contributed by atoms with Crippen molar-refractivity contribution in [3.05, 3.63) is 18.1 Å². The van der Waals surface area contributed by atoms with E-state index in [4.69, 9.17) is 5.26 Å². The van der Waals surface area contributed by atoms with Crippen molar-refractivity contribution in [3.8, 4) is 6.07 Å². The second-order valence-corrected chi connectivity index (χ2v) is 3.55. The summed E-state index contributed by atoms with van der Waals surface area (Å²) in [4.78, 5) is 8.22. The third kappa shape index (κ3) is 2.43. The van der Waals surface area contributed by atoms with E-state index in [1.165, 1.54) is 12.8 Å². The molecule has 4 nitrogen and oxygen atoms in total. The molecule has 1 aliphatic rings. The molecule has 1 aromatic heterocycles. The number of nitrogens with one attached hydrogen (secondary N) is 1. The molecule has 1 N–H and O–H groups in total. The molecule has 1 saturated carbocycles. The maximum absolute atomic E-state index is 8.40. The van der Waals surface area contributed by atoms with Gasteiger partial charge in [0.1, 0.15) is 18.7 Å². The van der Waals surface area contributed by atoms with Crippen molar-refractivity contribution in [3.63, 3.8) is 0 Å². The van der Waals surface area contributed by atoms with Crippen molar-refractivity contribution in [1.29, 1.82) is 5.26 Å². The van der Waals surface area contributed by atoms with Crippen LogP contribution in [0.2, 0.25) is 0 Å². The lowest BCUT2D eigenvalue weighted by atomic mass is 10.2. The standard InChI is InChI=1S/C10H12N4/c11-3-4-12-10-6-9(13-7-14-10)5-8-1-2-8/h6-8H,1-2,4-5H2,(H,12,13,14). The van der Waals surface area contributed by atoms with Crippen molar-refractivity contribution < 1.29 is 0 Å². The first kappa shape index (κ1) is 8.95. The lowest BCUT2D eigenvalue weighted by Gasteiger charge is -2.02. The summed E-state index contributed by atoms with van der Waals surface area (Å²) in [5.74, 6) is 1.57. The number of hydrogen-bond acceptors (Lipinski definition) is 4. The van der Waals surface area contributed by atoms with Gasteiger partial charge in [0.2, 0.25) is 0 Å². The fourth-order valence-corrected chi connectivity index (χ4v) is 1.35. The summed E-state index contributed by atoms with van der Waals surface area (Å²) < 4.78 is 0. The summed E-state index contributed by atoms with van der Waals surface area (Å²) in [5, 5.41) is 11.3. The van der Waals surface area contributed by atoms with Gasteiger partial charge >= 0.3 is 0 Å². The molecule has 0 atom stereocenters. The highest BCUT2D eigenvalue weighted by Crippen LogP contribution is 2.32. The van der Waals surface area contributed by atoms with Crippen LogP contribution < -0.4 is 5.32 Å². The second kappa shape index (κ2) is 4.05. The third-order valence-corrected chi connectivity index (χ3v) is 2.27. The second-order valence-electron chi connectivity index (χ2n) is 3.55. The van der Waals surface area contributed by atoms with Gasteiger partial charge in [0.15, 0.2) is 0 Å². The van der Waals surface area contributed by atoms with Gasteiger partial charge in [-0.25, -0.2) is 9.97 Å². The van der Waals surface area contributed by atoms with Gasteiger partial charge in [-0.2, -0.15) is 5.26 Å². The van der Waals surface area contributed by atoms with Gasteiger partial charge in [0.25, 0.3) is 0 Å². The van der Waals surface area contributed by atoms with Crippen LogP contribution in [0.1, 0.15) is 18.5 Å². The molecular formula is C10H12N4. The topological polar surface area (TPSA) is 61.6 Å². The van der Waals surface area contributed by atoms with Gasteiger partial charge in [-0.3, -0.25) is 0 Å². The molecule has 14 heavy (non-hydrogen) atoms. The van der Waals surface area contributed by atoms with E-state index in [1.807, 2.05) is 12.1 Å². The lowest BCUT2D eigenvalue weighted by Crippen LogP contribution is -2.02. The van der Waals surface area contributed by atoms with E-state index < -0.39 is 0 Å². The monoisotopic (exact) mass is 188 g/mol. The molecule has 0 aromatic carbocycles. The molecule has 0 aliphatic heterocycles. The Balaban J connectivity index is 1.98. The van der Waals surface area contributed by atoms with Crippen LogP contribution in [0.5, 0.6) is 0 Å². The van der Waals surface area contributed by atoms with Crippen LogP contribution in [0, 0.1) is 17.2 Å². The molecule has 1 heterocycles. The predicted octanol–water partition coefficient (Wildman–Crippen LogP) is 1.36. The van der Waals surface area contributed by atoms with Crippen molar-refractivity contribution in [2.24, 2.45) is 5.92 Å². The molecule has 4 heteroatoms. The molecule has 2 rings (SSSR count). The first-order valence-corrected chi connectivity index (χ1v) is 4.80. The first-order valence-electron chi connectivity index (χ1n) is 4.80. The van der Waals surface area contributed by atoms with Gasteiger partial charge < -0.3 is 5.32 Å². The van der Waals surface area contributed by atoms with Gasteiger partial charge in [0.05, 0.1) is 6.07 Å². The van der Waals surface area contributed by atoms with Crippen molar-refractivity contribution in [2.75, 3.05) is 11.9 Å². The van der Waals surface area contributed by atoms with E-state index in [0.29, 0.717) is 6.54 Å². The Morgan fingerprint density at radius 1 is 1.50 bits per heavy atom. The summed E-state index contributed by atoms with van der Waals surface area (Å²) in [6.45, 7) is 0.292. The number of nitriles is 1. The zero-order valence-corrected chi connectivity index (χ0v) is 7.90. The van der Waals surface area contributed by atoms with Crippen LogP contribution in [0.4, 0.5) is 5.82 Å². The third-order valence-electron chi connectivity index (χ3n) is 2.27. The minimum atomic E-state index is 0.292. The van der Waals surface area contributed by atoms with Gasteiger partial charge in [-0.1, -0.05) is 0 Å². The molecule has 1 aromatic rings. The fraction of sp³-hybridized carbons (Fsp3) is 0.500. The molecular weight excluding hydrogens is 176 g/mol. The van der Waals surface area contributed by atoms with Crippen LogP contribution in [0.15, 0.2) is 12.4 Å². The number of nitrogens with zero attached hydrogens (tertiary/aromatic N) is 3. The number of aromatic nitrogens is 2. The molecule has 1 fully saturated rings. The van der Waals surface area contributed by atoms with Gasteiger partial charge in [-0.05, 0) is 25.2 Å². The smallest absolute Gasteiger partial charge is 0.130 e. The SMILES string of the molecule is N#CCNc1cc(CC2CC2)ncn1. The van der Waals surface area contributed by atoms with E-state index in [0.717, 1.165) is 23.9 Å². The average Bonchev–Trinajstić information content (AvgIpc) is 2.99. The maximum Gasteiger partial charge on any atom is 0.130 e. The number of anilines is 1. The summed E-state index contributed by atoms with van der Waals surface area (Å²) >= 11 is 0. The van der Waals surface area contributed by atoms with E-state index in [-0.39, 0.29) is 0 Å².